The van der Waals surface area contributed by atoms with Gasteiger partial charge in [0.05, 0.1) is 0 Å². The van der Waals surface area contributed by atoms with E-state index < -0.39 is 0 Å². The van der Waals surface area contributed by atoms with Gasteiger partial charge in [0.2, 0.25) is 0 Å². The van der Waals surface area contributed by atoms with Crippen LogP contribution in [0.15, 0.2) is 35.7 Å². The molecule has 0 fully saturated rings. The van der Waals surface area contributed by atoms with Crippen LogP contribution in [0.2, 0.25) is 0 Å². The summed E-state index contributed by atoms with van der Waals surface area (Å²) in [5.41, 5.74) is 7.79. The first-order chi connectivity index (χ1) is 8.24. The number of hydrogen-bond donors (Lipinski definition) is 1. The van der Waals surface area contributed by atoms with Gasteiger partial charge in [-0.25, -0.2) is 9.97 Å². The van der Waals surface area contributed by atoms with Crippen LogP contribution in [0, 0.1) is 6.92 Å². The van der Waals surface area contributed by atoms with Crippen molar-refractivity contribution in [2.24, 2.45) is 0 Å². The standard InChI is InChI=1S/C12H14N4S/c1-9-7-11(13)16-12(15-9)17-6-4-10-3-2-5-14-8-10/h2-3,5,7-8H,4,6H2,1H3,(H2,13,15,16). The van der Waals surface area contributed by atoms with Gasteiger partial charge in [0.1, 0.15) is 5.82 Å². The van der Waals surface area contributed by atoms with Crippen LogP contribution >= 0.6 is 11.8 Å². The van der Waals surface area contributed by atoms with Crippen LogP contribution in [0.3, 0.4) is 0 Å². The van der Waals surface area contributed by atoms with Crippen LogP contribution in [-0.4, -0.2) is 20.7 Å². The smallest absolute Gasteiger partial charge is 0.189 e. The second kappa shape index (κ2) is 5.63. The van der Waals surface area contributed by atoms with Gasteiger partial charge in [0, 0.05) is 29.9 Å². The Balaban J connectivity index is 1.90. The first-order valence-electron chi connectivity index (χ1n) is 5.37. The molecule has 0 radical (unpaired) electrons. The minimum atomic E-state index is 0.529. The molecule has 0 amide bonds. The van der Waals surface area contributed by atoms with Crippen molar-refractivity contribution in [3.05, 3.63) is 41.9 Å². The SMILES string of the molecule is Cc1cc(N)nc(SCCc2cccnc2)n1. The van der Waals surface area contributed by atoms with Crippen molar-refractivity contribution in [2.75, 3.05) is 11.5 Å². The first kappa shape index (κ1) is 11.9. The van der Waals surface area contributed by atoms with Crippen molar-refractivity contribution >= 4 is 17.6 Å². The van der Waals surface area contributed by atoms with E-state index in [-0.39, 0.29) is 0 Å². The number of nitrogens with two attached hydrogens (primary N) is 1. The minimum absolute atomic E-state index is 0.529. The molecule has 0 spiro atoms. The van der Waals surface area contributed by atoms with Crippen LogP contribution < -0.4 is 5.73 Å². The average molecular weight is 246 g/mol. The topological polar surface area (TPSA) is 64.7 Å². The lowest BCUT2D eigenvalue weighted by atomic mass is 10.2. The number of nitrogen functional groups attached to an aromatic ring is 1. The van der Waals surface area contributed by atoms with Crippen LogP contribution in [0.25, 0.3) is 0 Å². The van der Waals surface area contributed by atoms with Crippen LogP contribution in [0.5, 0.6) is 0 Å². The van der Waals surface area contributed by atoms with E-state index >= 15 is 0 Å². The molecule has 0 aliphatic carbocycles. The zero-order valence-electron chi connectivity index (χ0n) is 9.63. The van der Waals surface area contributed by atoms with Crippen LogP contribution in [0.1, 0.15) is 11.3 Å². The molecular weight excluding hydrogens is 232 g/mol. The maximum Gasteiger partial charge on any atom is 0.189 e. The summed E-state index contributed by atoms with van der Waals surface area (Å²) in [6, 6.07) is 5.78. The Kier molecular flexibility index (Phi) is 3.93. The molecule has 5 heteroatoms. The highest BCUT2D eigenvalue weighted by Crippen LogP contribution is 2.16. The van der Waals surface area contributed by atoms with E-state index in [0.717, 1.165) is 23.0 Å². The van der Waals surface area contributed by atoms with Gasteiger partial charge in [0.15, 0.2) is 5.16 Å². The van der Waals surface area contributed by atoms with E-state index in [4.69, 9.17) is 5.73 Å². The fourth-order valence-electron chi connectivity index (χ4n) is 1.44. The number of nitrogens with zero attached hydrogens (tertiary/aromatic N) is 3. The number of aromatic nitrogens is 3. The summed E-state index contributed by atoms with van der Waals surface area (Å²) in [5.74, 6) is 1.45. The molecule has 2 rings (SSSR count). The third-order valence-electron chi connectivity index (χ3n) is 2.20. The summed E-state index contributed by atoms with van der Waals surface area (Å²) >= 11 is 1.61. The molecule has 0 aliphatic heterocycles. The molecule has 0 aromatic carbocycles. The maximum atomic E-state index is 5.67. The van der Waals surface area contributed by atoms with Gasteiger partial charge in [-0.3, -0.25) is 4.98 Å². The minimum Gasteiger partial charge on any atom is -0.384 e. The molecule has 0 saturated carbocycles. The molecule has 0 atom stereocenters. The van der Waals surface area contributed by atoms with E-state index in [9.17, 15) is 0 Å². The maximum absolute atomic E-state index is 5.67. The summed E-state index contributed by atoms with van der Waals surface area (Å²) in [6.07, 6.45) is 4.61. The summed E-state index contributed by atoms with van der Waals surface area (Å²) < 4.78 is 0. The van der Waals surface area contributed by atoms with Gasteiger partial charge < -0.3 is 5.73 Å². The second-order valence-corrected chi connectivity index (χ2v) is 4.74. The third kappa shape index (κ3) is 3.71. The Morgan fingerprint density at radius 2 is 2.24 bits per heavy atom. The molecule has 2 aromatic rings. The predicted molar refractivity (Wildman–Crippen MR) is 69.8 cm³/mol. The molecule has 17 heavy (non-hydrogen) atoms. The Labute approximate surface area is 105 Å². The predicted octanol–water partition coefficient (Wildman–Crippen LogP) is 2.10. The van der Waals surface area contributed by atoms with Crippen molar-refractivity contribution in [3.63, 3.8) is 0 Å². The molecule has 2 N–H and O–H groups in total. The largest absolute Gasteiger partial charge is 0.384 e. The van der Waals surface area contributed by atoms with E-state index in [0.29, 0.717) is 5.82 Å². The van der Waals surface area contributed by atoms with E-state index in [1.54, 1.807) is 24.0 Å². The molecule has 2 heterocycles. The average Bonchev–Trinajstić information content (AvgIpc) is 2.29. The summed E-state index contributed by atoms with van der Waals surface area (Å²) in [7, 11) is 0. The summed E-state index contributed by atoms with van der Waals surface area (Å²) in [4.78, 5) is 12.6. The van der Waals surface area contributed by atoms with Gasteiger partial charge in [-0.15, -0.1) is 0 Å². The number of thioether (sulfide) groups is 1. The lowest BCUT2D eigenvalue weighted by molar-refractivity contribution is 0.938. The number of hydrogen-bond acceptors (Lipinski definition) is 5. The zero-order chi connectivity index (χ0) is 12.1. The quantitative estimate of drug-likeness (QED) is 0.661. The van der Waals surface area contributed by atoms with Crippen LogP contribution in [0.4, 0.5) is 5.82 Å². The lowest BCUT2D eigenvalue weighted by Gasteiger charge is -2.02. The van der Waals surface area contributed by atoms with Crippen LogP contribution in [-0.2, 0) is 6.42 Å². The first-order valence-corrected chi connectivity index (χ1v) is 6.35. The van der Waals surface area contributed by atoms with Crippen molar-refractivity contribution in [1.29, 1.82) is 0 Å². The normalized spacial score (nSPS) is 10.4. The Hall–Kier alpha value is -1.62. The number of rotatable bonds is 4. The lowest BCUT2D eigenvalue weighted by Crippen LogP contribution is -1.98. The molecule has 0 unspecified atom stereocenters. The van der Waals surface area contributed by atoms with Gasteiger partial charge in [-0.2, -0.15) is 0 Å². The van der Waals surface area contributed by atoms with Crippen molar-refractivity contribution in [2.45, 2.75) is 18.5 Å². The fraction of sp³-hybridized carbons (Fsp3) is 0.250. The van der Waals surface area contributed by atoms with Gasteiger partial charge >= 0.3 is 0 Å². The monoisotopic (exact) mass is 246 g/mol. The van der Waals surface area contributed by atoms with Gasteiger partial charge in [-0.1, -0.05) is 17.8 Å². The fourth-order valence-corrected chi connectivity index (χ4v) is 2.33. The highest BCUT2D eigenvalue weighted by Gasteiger charge is 2.01. The molecule has 2 aromatic heterocycles. The molecule has 4 nitrogen and oxygen atoms in total. The van der Waals surface area contributed by atoms with E-state index in [2.05, 4.69) is 21.0 Å². The van der Waals surface area contributed by atoms with E-state index in [1.165, 1.54) is 5.56 Å². The molecule has 0 saturated heterocycles. The van der Waals surface area contributed by atoms with E-state index in [1.807, 2.05) is 19.2 Å². The highest BCUT2D eigenvalue weighted by atomic mass is 32.2. The number of anilines is 1. The number of aryl methyl sites for hydroxylation is 2. The number of pyridine rings is 1. The molecule has 88 valence electrons. The van der Waals surface area contributed by atoms with Gasteiger partial charge in [-0.05, 0) is 25.0 Å². The Bertz CT molecular complexity index is 467. The Morgan fingerprint density at radius 1 is 1.35 bits per heavy atom. The molecule has 0 aliphatic rings. The third-order valence-corrected chi connectivity index (χ3v) is 3.05. The van der Waals surface area contributed by atoms with Crippen molar-refractivity contribution in [1.82, 2.24) is 15.0 Å². The Morgan fingerprint density at radius 3 is 2.94 bits per heavy atom. The second-order valence-electron chi connectivity index (χ2n) is 3.68. The zero-order valence-corrected chi connectivity index (χ0v) is 10.4. The highest BCUT2D eigenvalue weighted by molar-refractivity contribution is 7.99. The summed E-state index contributed by atoms with van der Waals surface area (Å²) in [6.45, 7) is 1.92. The summed E-state index contributed by atoms with van der Waals surface area (Å²) in [5, 5.41) is 0.742. The molecule has 0 bridgehead atoms. The van der Waals surface area contributed by atoms with Gasteiger partial charge in [0.25, 0.3) is 0 Å². The van der Waals surface area contributed by atoms with Crippen molar-refractivity contribution < 1.29 is 0 Å². The molecular formula is C12H14N4S. The van der Waals surface area contributed by atoms with Crippen molar-refractivity contribution in [3.8, 4) is 0 Å².